The summed E-state index contributed by atoms with van der Waals surface area (Å²) in [6, 6.07) is 9.59. The van der Waals surface area contributed by atoms with E-state index in [-0.39, 0.29) is 12.0 Å². The van der Waals surface area contributed by atoms with Gasteiger partial charge >= 0.3 is 0 Å². The number of amides is 1. The summed E-state index contributed by atoms with van der Waals surface area (Å²) in [6.45, 7) is 5.84. The highest BCUT2D eigenvalue weighted by atomic mass is 16.3. The molecule has 6 heteroatoms. The lowest BCUT2D eigenvalue weighted by Gasteiger charge is -2.32. The first-order valence-electron chi connectivity index (χ1n) is 8.90. The Labute approximate surface area is 148 Å². The van der Waals surface area contributed by atoms with Gasteiger partial charge in [0.25, 0.3) is 5.91 Å². The van der Waals surface area contributed by atoms with Crippen LogP contribution in [0.25, 0.3) is 0 Å². The number of nitrogens with zero attached hydrogens (tertiary/aromatic N) is 2. The molecule has 134 valence electrons. The van der Waals surface area contributed by atoms with E-state index < -0.39 is 0 Å². The number of rotatable bonds is 5. The summed E-state index contributed by atoms with van der Waals surface area (Å²) >= 11 is 0. The number of benzene rings is 1. The molecule has 0 atom stereocenters. The van der Waals surface area contributed by atoms with Gasteiger partial charge in [0.15, 0.2) is 5.69 Å². The van der Waals surface area contributed by atoms with Crippen LogP contribution in [0.15, 0.2) is 30.3 Å². The van der Waals surface area contributed by atoms with Gasteiger partial charge in [-0.15, -0.1) is 0 Å². The summed E-state index contributed by atoms with van der Waals surface area (Å²) in [5.74, 6) is 0.294. The van der Waals surface area contributed by atoms with E-state index in [1.807, 2.05) is 30.3 Å². The average molecular weight is 342 g/mol. The molecule has 0 spiro atoms. The van der Waals surface area contributed by atoms with Gasteiger partial charge in [-0.05, 0) is 43.4 Å². The molecule has 1 aliphatic heterocycles. The topological polar surface area (TPSA) is 81.2 Å². The minimum Gasteiger partial charge on any atom is -0.393 e. The van der Waals surface area contributed by atoms with Gasteiger partial charge in [0.1, 0.15) is 0 Å². The Balaban J connectivity index is 1.72. The predicted molar refractivity (Wildman–Crippen MR) is 99.0 cm³/mol. The lowest BCUT2D eigenvalue weighted by Crippen LogP contribution is -2.36. The second-order valence-electron chi connectivity index (χ2n) is 7.07. The maximum atomic E-state index is 12.5. The Morgan fingerprint density at radius 3 is 2.80 bits per heavy atom. The Bertz CT molecular complexity index is 718. The normalized spacial score (nSPS) is 15.6. The molecule has 25 heavy (non-hydrogen) atoms. The van der Waals surface area contributed by atoms with Crippen molar-refractivity contribution < 1.29 is 9.90 Å². The molecule has 0 bridgehead atoms. The van der Waals surface area contributed by atoms with Crippen LogP contribution in [0.1, 0.15) is 42.9 Å². The molecule has 0 radical (unpaired) electrons. The molecule has 0 aliphatic carbocycles. The third-order valence-corrected chi connectivity index (χ3v) is 4.45. The number of hydrogen-bond donors (Lipinski definition) is 3. The van der Waals surface area contributed by atoms with Crippen LogP contribution in [0.5, 0.6) is 0 Å². The zero-order valence-corrected chi connectivity index (χ0v) is 14.8. The zero-order chi connectivity index (χ0) is 17.8. The summed E-state index contributed by atoms with van der Waals surface area (Å²) in [5, 5.41) is 19.7. The number of H-pyrrole nitrogens is 1. The first kappa shape index (κ1) is 17.5. The molecule has 2 aromatic rings. The van der Waals surface area contributed by atoms with Crippen LogP contribution in [0.4, 0.5) is 11.4 Å². The van der Waals surface area contributed by atoms with Crippen molar-refractivity contribution in [3.05, 3.63) is 41.7 Å². The van der Waals surface area contributed by atoms with Crippen molar-refractivity contribution in [2.24, 2.45) is 5.92 Å². The third kappa shape index (κ3) is 4.39. The smallest absolute Gasteiger partial charge is 0.276 e. The number of anilines is 2. The van der Waals surface area contributed by atoms with Crippen molar-refractivity contribution in [3.63, 3.8) is 0 Å². The number of para-hydroxylation sites is 2. The highest BCUT2D eigenvalue weighted by Crippen LogP contribution is 2.28. The van der Waals surface area contributed by atoms with E-state index in [9.17, 15) is 9.90 Å². The average Bonchev–Trinajstić information content (AvgIpc) is 3.04. The van der Waals surface area contributed by atoms with Gasteiger partial charge in [-0.3, -0.25) is 9.89 Å². The number of carbonyl (C=O) groups is 1. The quantitative estimate of drug-likeness (QED) is 0.780. The maximum absolute atomic E-state index is 12.5. The number of aliphatic hydroxyl groups is 1. The Kier molecular flexibility index (Phi) is 5.38. The van der Waals surface area contributed by atoms with Crippen molar-refractivity contribution in [2.75, 3.05) is 23.3 Å². The van der Waals surface area contributed by atoms with Gasteiger partial charge in [0.2, 0.25) is 0 Å². The predicted octanol–water partition coefficient (Wildman–Crippen LogP) is 2.82. The first-order valence-corrected chi connectivity index (χ1v) is 8.90. The van der Waals surface area contributed by atoms with E-state index in [0.717, 1.165) is 49.4 Å². The molecule has 2 heterocycles. The first-order chi connectivity index (χ1) is 12.0. The molecule has 1 amide bonds. The second-order valence-corrected chi connectivity index (χ2v) is 7.07. The number of nitrogens with one attached hydrogen (secondary N) is 2. The Morgan fingerprint density at radius 2 is 2.08 bits per heavy atom. The van der Waals surface area contributed by atoms with Gasteiger partial charge in [-0.25, -0.2) is 0 Å². The van der Waals surface area contributed by atoms with Crippen LogP contribution in [0.2, 0.25) is 0 Å². The van der Waals surface area contributed by atoms with E-state index in [1.54, 1.807) is 0 Å². The van der Waals surface area contributed by atoms with Crippen LogP contribution >= 0.6 is 0 Å². The summed E-state index contributed by atoms with van der Waals surface area (Å²) in [7, 11) is 0. The molecule has 3 rings (SSSR count). The number of carbonyl (C=O) groups excluding carboxylic acids is 1. The summed E-state index contributed by atoms with van der Waals surface area (Å²) in [5.41, 5.74) is 3.14. The van der Waals surface area contributed by atoms with Crippen LogP contribution in [-0.4, -0.2) is 40.4 Å². The minimum atomic E-state index is -0.221. The highest BCUT2D eigenvalue weighted by molar-refractivity contribution is 6.04. The van der Waals surface area contributed by atoms with Crippen molar-refractivity contribution in [1.82, 2.24) is 10.2 Å². The molecular formula is C19H26N4O2. The van der Waals surface area contributed by atoms with E-state index in [0.29, 0.717) is 11.6 Å². The molecule has 1 aromatic heterocycles. The molecule has 0 saturated carbocycles. The molecule has 1 fully saturated rings. The highest BCUT2D eigenvalue weighted by Gasteiger charge is 2.20. The number of aromatic nitrogens is 2. The largest absolute Gasteiger partial charge is 0.393 e. The molecular weight excluding hydrogens is 316 g/mol. The lowest BCUT2D eigenvalue weighted by molar-refractivity contribution is 0.102. The number of hydrogen-bond acceptors (Lipinski definition) is 4. The van der Waals surface area contributed by atoms with Gasteiger partial charge in [0, 0.05) is 18.8 Å². The van der Waals surface area contributed by atoms with Crippen LogP contribution in [-0.2, 0) is 6.42 Å². The van der Waals surface area contributed by atoms with Crippen molar-refractivity contribution >= 4 is 17.3 Å². The molecule has 1 aromatic carbocycles. The fraction of sp³-hybridized carbons (Fsp3) is 0.474. The zero-order valence-electron chi connectivity index (χ0n) is 14.8. The number of aromatic amines is 1. The van der Waals surface area contributed by atoms with Gasteiger partial charge < -0.3 is 15.3 Å². The van der Waals surface area contributed by atoms with Gasteiger partial charge in [-0.2, -0.15) is 5.10 Å². The van der Waals surface area contributed by atoms with Crippen molar-refractivity contribution in [3.8, 4) is 0 Å². The minimum absolute atomic E-state index is 0.212. The van der Waals surface area contributed by atoms with E-state index in [1.165, 1.54) is 0 Å². The summed E-state index contributed by atoms with van der Waals surface area (Å²) < 4.78 is 0. The molecule has 1 saturated heterocycles. The van der Waals surface area contributed by atoms with E-state index in [2.05, 4.69) is 34.3 Å². The molecule has 0 unspecified atom stereocenters. The summed E-state index contributed by atoms with van der Waals surface area (Å²) in [4.78, 5) is 14.8. The van der Waals surface area contributed by atoms with Crippen LogP contribution in [0.3, 0.4) is 0 Å². The maximum Gasteiger partial charge on any atom is 0.276 e. The van der Waals surface area contributed by atoms with E-state index in [4.69, 9.17) is 0 Å². The summed E-state index contributed by atoms with van der Waals surface area (Å²) in [6.07, 6.45) is 2.15. The molecule has 1 aliphatic rings. The SMILES string of the molecule is CC(C)Cc1cc(C(=O)Nc2ccccc2N2CCC(O)CC2)n[nH]1. The van der Waals surface area contributed by atoms with Crippen LogP contribution in [0, 0.1) is 5.92 Å². The van der Waals surface area contributed by atoms with Crippen molar-refractivity contribution in [2.45, 2.75) is 39.2 Å². The number of piperidine rings is 1. The lowest BCUT2D eigenvalue weighted by atomic mass is 10.1. The van der Waals surface area contributed by atoms with Crippen LogP contribution < -0.4 is 10.2 Å². The Hall–Kier alpha value is -2.34. The van der Waals surface area contributed by atoms with E-state index >= 15 is 0 Å². The molecule has 3 N–H and O–H groups in total. The molecule has 6 nitrogen and oxygen atoms in total. The fourth-order valence-electron chi connectivity index (χ4n) is 3.17. The van der Waals surface area contributed by atoms with Gasteiger partial charge in [0.05, 0.1) is 17.5 Å². The fourth-order valence-corrected chi connectivity index (χ4v) is 3.17. The Morgan fingerprint density at radius 1 is 1.36 bits per heavy atom. The standard InChI is InChI=1S/C19H26N4O2/c1-13(2)11-14-12-17(22-21-14)19(25)20-16-5-3-4-6-18(16)23-9-7-15(24)8-10-23/h3-6,12-13,15,24H,7-11H2,1-2H3,(H,20,25)(H,21,22). The monoisotopic (exact) mass is 342 g/mol. The second kappa shape index (κ2) is 7.70. The van der Waals surface area contributed by atoms with Gasteiger partial charge in [-0.1, -0.05) is 26.0 Å². The third-order valence-electron chi connectivity index (χ3n) is 4.45. The number of aliphatic hydroxyl groups excluding tert-OH is 1. The van der Waals surface area contributed by atoms with Crippen molar-refractivity contribution in [1.29, 1.82) is 0 Å².